The Bertz CT molecular complexity index is 430. The number of rotatable bonds is 0. The summed E-state index contributed by atoms with van der Waals surface area (Å²) in [5, 5.41) is 8.98. The molecule has 5 heteroatoms. The van der Waals surface area contributed by atoms with E-state index in [2.05, 4.69) is 0 Å². The van der Waals surface area contributed by atoms with E-state index in [1.165, 1.54) is 4.90 Å². The second kappa shape index (κ2) is 3.27. The fraction of sp³-hybridized carbons (Fsp3) is 0.200. The molecule has 1 N–H and O–H groups in total. The fourth-order valence-corrected chi connectivity index (χ4v) is 1.61. The number of hydrogen-bond acceptors (Lipinski definition) is 2. The predicted molar refractivity (Wildman–Crippen MR) is 53.9 cm³/mol. The van der Waals surface area contributed by atoms with Crippen LogP contribution in [0.5, 0.6) is 0 Å². The third-order valence-electron chi connectivity index (χ3n) is 2.36. The van der Waals surface area contributed by atoms with Crippen molar-refractivity contribution < 1.29 is 14.7 Å². The molecule has 0 aromatic heterocycles. The largest absolute Gasteiger partial charge is 0.465 e. The Balaban J connectivity index is 2.54. The van der Waals surface area contributed by atoms with Gasteiger partial charge in [-0.2, -0.15) is 0 Å². The van der Waals surface area contributed by atoms with Crippen molar-refractivity contribution in [3.05, 3.63) is 29.8 Å². The highest BCUT2D eigenvalue weighted by Crippen LogP contribution is 2.26. The molecule has 0 unspecified atom stereocenters. The molecule has 0 radical (unpaired) electrons. The summed E-state index contributed by atoms with van der Waals surface area (Å²) in [5.74, 6) is -0.150. The average molecular weight is 206 g/mol. The van der Waals surface area contributed by atoms with E-state index in [1.807, 2.05) is 0 Å². The lowest BCUT2D eigenvalue weighted by molar-refractivity contribution is 0.0782. The highest BCUT2D eigenvalue weighted by Gasteiger charge is 2.29. The van der Waals surface area contributed by atoms with Crippen LogP contribution >= 0.6 is 0 Å². The summed E-state index contributed by atoms with van der Waals surface area (Å²) < 4.78 is 0. The van der Waals surface area contributed by atoms with Crippen LogP contribution in [-0.4, -0.2) is 35.7 Å². The number of carboxylic acid groups (broad SMARTS) is 1. The Morgan fingerprint density at radius 2 is 2.07 bits per heavy atom. The van der Waals surface area contributed by atoms with Gasteiger partial charge < -0.3 is 10.0 Å². The van der Waals surface area contributed by atoms with Crippen molar-refractivity contribution in [1.29, 1.82) is 0 Å². The zero-order chi connectivity index (χ0) is 11.0. The third-order valence-corrected chi connectivity index (χ3v) is 2.36. The van der Waals surface area contributed by atoms with Crippen LogP contribution in [0.4, 0.5) is 10.5 Å². The number of anilines is 1. The molecule has 0 atom stereocenters. The van der Waals surface area contributed by atoms with Crippen LogP contribution < -0.4 is 4.90 Å². The molecule has 78 valence electrons. The van der Waals surface area contributed by atoms with Crippen LogP contribution in [0.15, 0.2) is 24.3 Å². The quantitative estimate of drug-likeness (QED) is 0.694. The first kappa shape index (κ1) is 9.51. The molecule has 0 saturated heterocycles. The third kappa shape index (κ3) is 1.41. The van der Waals surface area contributed by atoms with Gasteiger partial charge in [-0.3, -0.25) is 9.69 Å². The van der Waals surface area contributed by atoms with Gasteiger partial charge in [0.05, 0.1) is 11.3 Å². The molecule has 1 aromatic rings. The normalized spacial score (nSPS) is 15.1. The van der Waals surface area contributed by atoms with Crippen molar-refractivity contribution >= 4 is 17.7 Å². The van der Waals surface area contributed by atoms with Crippen molar-refractivity contribution in [2.75, 3.05) is 18.6 Å². The number of para-hydroxylation sites is 1. The zero-order valence-electron chi connectivity index (χ0n) is 8.17. The SMILES string of the molecule is CN1CN(C(=O)O)c2ccccc2C1=O. The molecule has 0 fully saturated rings. The Labute approximate surface area is 86.5 Å². The van der Waals surface area contributed by atoms with Gasteiger partial charge in [-0.15, -0.1) is 0 Å². The van der Waals surface area contributed by atoms with Gasteiger partial charge in [0, 0.05) is 7.05 Å². The van der Waals surface area contributed by atoms with E-state index in [0.29, 0.717) is 11.3 Å². The smallest absolute Gasteiger partial charge is 0.413 e. The number of nitrogens with zero attached hydrogens (tertiary/aromatic N) is 2. The predicted octanol–water partition coefficient (Wildman–Crippen LogP) is 1.21. The summed E-state index contributed by atoms with van der Waals surface area (Å²) in [6.07, 6.45) is -1.05. The molecule has 1 aliphatic rings. The lowest BCUT2D eigenvalue weighted by atomic mass is 10.1. The molecular weight excluding hydrogens is 196 g/mol. The molecule has 2 amide bonds. The minimum absolute atomic E-state index is 0.0746. The second-order valence-corrected chi connectivity index (χ2v) is 3.37. The first-order valence-electron chi connectivity index (χ1n) is 4.46. The monoisotopic (exact) mass is 206 g/mol. The average Bonchev–Trinajstić information content (AvgIpc) is 2.23. The van der Waals surface area contributed by atoms with Crippen LogP contribution in [0.2, 0.25) is 0 Å². The van der Waals surface area contributed by atoms with E-state index in [0.717, 1.165) is 4.90 Å². The summed E-state index contributed by atoms with van der Waals surface area (Å²) in [6, 6.07) is 6.70. The van der Waals surface area contributed by atoms with Crippen molar-refractivity contribution in [2.45, 2.75) is 0 Å². The Morgan fingerprint density at radius 1 is 1.40 bits per heavy atom. The standard InChI is InChI=1S/C10H10N2O3/c1-11-6-12(10(14)15)8-5-3-2-4-7(8)9(11)13/h2-5H,6H2,1H3,(H,14,15). The molecule has 0 spiro atoms. The van der Waals surface area contributed by atoms with E-state index in [9.17, 15) is 9.59 Å². The number of hydrogen-bond donors (Lipinski definition) is 1. The molecule has 15 heavy (non-hydrogen) atoms. The number of fused-ring (bicyclic) bond motifs is 1. The lowest BCUT2D eigenvalue weighted by Gasteiger charge is -2.32. The minimum Gasteiger partial charge on any atom is -0.465 e. The molecule has 0 aliphatic carbocycles. The molecule has 1 heterocycles. The number of carbonyl (C=O) groups excluding carboxylic acids is 1. The second-order valence-electron chi connectivity index (χ2n) is 3.37. The van der Waals surface area contributed by atoms with Gasteiger partial charge in [0.2, 0.25) is 0 Å². The summed E-state index contributed by atoms with van der Waals surface area (Å²) in [5.41, 5.74) is 0.877. The van der Waals surface area contributed by atoms with Gasteiger partial charge in [-0.05, 0) is 12.1 Å². The summed E-state index contributed by atoms with van der Waals surface area (Å²) in [4.78, 5) is 25.2. The molecule has 2 rings (SSSR count). The highest BCUT2D eigenvalue weighted by molar-refractivity contribution is 6.05. The molecule has 0 saturated carbocycles. The number of benzene rings is 1. The van der Waals surface area contributed by atoms with Gasteiger partial charge >= 0.3 is 6.09 Å². The van der Waals surface area contributed by atoms with Crippen LogP contribution in [0.3, 0.4) is 0 Å². The Morgan fingerprint density at radius 3 is 2.73 bits per heavy atom. The minimum atomic E-state index is -1.05. The summed E-state index contributed by atoms with van der Waals surface area (Å²) in [6.45, 7) is 0.0746. The van der Waals surface area contributed by atoms with E-state index >= 15 is 0 Å². The summed E-state index contributed by atoms with van der Waals surface area (Å²) >= 11 is 0. The van der Waals surface area contributed by atoms with Crippen LogP contribution in [0.1, 0.15) is 10.4 Å². The van der Waals surface area contributed by atoms with Crippen molar-refractivity contribution in [3.63, 3.8) is 0 Å². The first-order valence-corrected chi connectivity index (χ1v) is 4.46. The highest BCUT2D eigenvalue weighted by atomic mass is 16.4. The van der Waals surface area contributed by atoms with Gasteiger partial charge in [-0.25, -0.2) is 4.79 Å². The fourth-order valence-electron chi connectivity index (χ4n) is 1.61. The van der Waals surface area contributed by atoms with Crippen LogP contribution in [0.25, 0.3) is 0 Å². The molecule has 1 aromatic carbocycles. The topological polar surface area (TPSA) is 60.9 Å². The summed E-state index contributed by atoms with van der Waals surface area (Å²) in [7, 11) is 1.58. The maximum atomic E-state index is 11.7. The zero-order valence-corrected chi connectivity index (χ0v) is 8.17. The van der Waals surface area contributed by atoms with E-state index in [1.54, 1.807) is 31.3 Å². The number of amides is 2. The molecule has 5 nitrogen and oxygen atoms in total. The van der Waals surface area contributed by atoms with E-state index < -0.39 is 6.09 Å². The van der Waals surface area contributed by atoms with Crippen LogP contribution in [-0.2, 0) is 0 Å². The Kier molecular flexibility index (Phi) is 2.07. The van der Waals surface area contributed by atoms with Gasteiger partial charge in [0.15, 0.2) is 0 Å². The van der Waals surface area contributed by atoms with Crippen molar-refractivity contribution in [1.82, 2.24) is 4.90 Å². The van der Waals surface area contributed by atoms with Gasteiger partial charge in [-0.1, -0.05) is 12.1 Å². The molecule has 0 bridgehead atoms. The van der Waals surface area contributed by atoms with Crippen molar-refractivity contribution in [3.8, 4) is 0 Å². The van der Waals surface area contributed by atoms with Crippen LogP contribution in [0, 0.1) is 0 Å². The molecule has 1 aliphatic heterocycles. The maximum Gasteiger partial charge on any atom is 0.413 e. The van der Waals surface area contributed by atoms with Gasteiger partial charge in [0.1, 0.15) is 6.67 Å². The van der Waals surface area contributed by atoms with Crippen molar-refractivity contribution in [2.24, 2.45) is 0 Å². The van der Waals surface area contributed by atoms with E-state index in [-0.39, 0.29) is 12.6 Å². The first-order chi connectivity index (χ1) is 7.11. The maximum absolute atomic E-state index is 11.7. The van der Waals surface area contributed by atoms with E-state index in [4.69, 9.17) is 5.11 Å². The molecular formula is C10H10N2O3. The number of carbonyl (C=O) groups is 2. The van der Waals surface area contributed by atoms with Gasteiger partial charge in [0.25, 0.3) is 5.91 Å². The Hall–Kier alpha value is -2.04. The lowest BCUT2D eigenvalue weighted by Crippen LogP contribution is -2.46.